The minimum absolute atomic E-state index is 0.223. The Morgan fingerprint density at radius 1 is 1.32 bits per heavy atom. The first-order valence-corrected chi connectivity index (χ1v) is 6.94. The Labute approximate surface area is 114 Å². The summed E-state index contributed by atoms with van der Waals surface area (Å²) in [5.74, 6) is 0.0525. The Balaban J connectivity index is 2.08. The Bertz CT molecular complexity index is 432. The van der Waals surface area contributed by atoms with E-state index >= 15 is 0 Å². The number of benzene rings is 1. The molecule has 2 nitrogen and oxygen atoms in total. The van der Waals surface area contributed by atoms with Crippen LogP contribution in [0.1, 0.15) is 51.2 Å². The maximum absolute atomic E-state index is 13.7. The van der Waals surface area contributed by atoms with Crippen molar-refractivity contribution in [1.29, 1.82) is 0 Å². The molecule has 1 aromatic rings. The number of methoxy groups -OCH3 is 1. The lowest BCUT2D eigenvalue weighted by Crippen LogP contribution is -2.25. The molecule has 1 aliphatic carbocycles. The lowest BCUT2D eigenvalue weighted by atomic mass is 9.71. The first-order chi connectivity index (χ1) is 8.93. The zero-order chi connectivity index (χ0) is 14.0. The smallest absolute Gasteiger partial charge is 0.165 e. The van der Waals surface area contributed by atoms with Crippen LogP contribution in [-0.2, 0) is 0 Å². The highest BCUT2D eigenvalue weighted by atomic mass is 19.1. The lowest BCUT2D eigenvalue weighted by Gasteiger charge is -2.36. The quantitative estimate of drug-likeness (QED) is 0.893. The fourth-order valence-corrected chi connectivity index (χ4v) is 2.88. The number of aliphatic hydroxyl groups is 1. The summed E-state index contributed by atoms with van der Waals surface area (Å²) in [6.45, 7) is 4.53. The van der Waals surface area contributed by atoms with Crippen LogP contribution in [0.15, 0.2) is 18.2 Å². The molecule has 0 heterocycles. The van der Waals surface area contributed by atoms with Gasteiger partial charge in [0, 0.05) is 0 Å². The van der Waals surface area contributed by atoms with Crippen molar-refractivity contribution in [2.24, 2.45) is 11.3 Å². The molecule has 1 fully saturated rings. The van der Waals surface area contributed by atoms with Gasteiger partial charge in [-0.05, 0) is 54.7 Å². The summed E-state index contributed by atoms with van der Waals surface area (Å²) in [6.07, 6.45) is 3.67. The van der Waals surface area contributed by atoms with Crippen LogP contribution >= 0.6 is 0 Å². The van der Waals surface area contributed by atoms with E-state index in [1.807, 2.05) is 0 Å². The van der Waals surface area contributed by atoms with Gasteiger partial charge in [-0.2, -0.15) is 0 Å². The van der Waals surface area contributed by atoms with Crippen molar-refractivity contribution in [3.05, 3.63) is 29.6 Å². The highest BCUT2D eigenvalue weighted by Gasteiger charge is 2.31. The number of aliphatic hydroxyl groups excluding tert-OH is 1. The van der Waals surface area contributed by atoms with E-state index in [1.165, 1.54) is 13.2 Å². The molecule has 0 aliphatic heterocycles. The van der Waals surface area contributed by atoms with Crippen LogP contribution in [0.2, 0.25) is 0 Å². The van der Waals surface area contributed by atoms with Gasteiger partial charge in [0.2, 0.25) is 0 Å². The monoisotopic (exact) mass is 266 g/mol. The number of hydrogen-bond donors (Lipinski definition) is 1. The van der Waals surface area contributed by atoms with Crippen molar-refractivity contribution in [1.82, 2.24) is 0 Å². The molecule has 0 aromatic heterocycles. The van der Waals surface area contributed by atoms with E-state index in [2.05, 4.69) is 13.8 Å². The minimum atomic E-state index is -0.573. The van der Waals surface area contributed by atoms with Crippen molar-refractivity contribution in [3.8, 4) is 5.75 Å². The molecule has 1 aromatic carbocycles. The fourth-order valence-electron chi connectivity index (χ4n) is 2.88. The normalized spacial score (nSPS) is 21.1. The summed E-state index contributed by atoms with van der Waals surface area (Å²) in [5, 5.41) is 10.4. The summed E-state index contributed by atoms with van der Waals surface area (Å²) in [7, 11) is 1.44. The highest BCUT2D eigenvalue weighted by Crippen LogP contribution is 2.42. The third-order valence-electron chi connectivity index (χ3n) is 4.35. The van der Waals surface area contributed by atoms with Crippen LogP contribution in [0.3, 0.4) is 0 Å². The molecule has 1 unspecified atom stereocenters. The standard InChI is InChI=1S/C16H23FO2/c1-16(2)8-6-11(7-9-16)15(18)12-4-5-14(19-3)13(17)10-12/h4-5,10-11,15,18H,6-9H2,1-3H3. The van der Waals surface area contributed by atoms with Crippen LogP contribution in [0.4, 0.5) is 4.39 Å². The van der Waals surface area contributed by atoms with Gasteiger partial charge < -0.3 is 9.84 Å². The Hall–Kier alpha value is -1.09. The molecule has 0 saturated heterocycles. The average Bonchev–Trinajstić information content (AvgIpc) is 2.38. The van der Waals surface area contributed by atoms with Crippen molar-refractivity contribution >= 4 is 0 Å². The second-order valence-corrected chi connectivity index (χ2v) is 6.34. The molecule has 3 heteroatoms. The average molecular weight is 266 g/mol. The molecule has 19 heavy (non-hydrogen) atoms. The summed E-state index contributed by atoms with van der Waals surface area (Å²) in [4.78, 5) is 0. The van der Waals surface area contributed by atoms with Crippen LogP contribution < -0.4 is 4.74 Å². The van der Waals surface area contributed by atoms with Gasteiger partial charge in [-0.15, -0.1) is 0 Å². The van der Waals surface area contributed by atoms with Gasteiger partial charge in [-0.1, -0.05) is 19.9 Å². The zero-order valence-corrected chi connectivity index (χ0v) is 11.9. The van der Waals surface area contributed by atoms with Gasteiger partial charge in [0.15, 0.2) is 11.6 Å². The lowest BCUT2D eigenvalue weighted by molar-refractivity contribution is 0.0565. The third kappa shape index (κ3) is 3.27. The van der Waals surface area contributed by atoms with Crippen LogP contribution in [0.5, 0.6) is 5.75 Å². The van der Waals surface area contributed by atoms with E-state index in [-0.39, 0.29) is 11.7 Å². The van der Waals surface area contributed by atoms with E-state index < -0.39 is 11.9 Å². The number of hydrogen-bond acceptors (Lipinski definition) is 2. The third-order valence-corrected chi connectivity index (χ3v) is 4.35. The number of rotatable bonds is 3. The first-order valence-electron chi connectivity index (χ1n) is 6.94. The number of halogens is 1. The molecule has 1 saturated carbocycles. The van der Waals surface area contributed by atoms with E-state index in [0.717, 1.165) is 25.7 Å². The zero-order valence-electron chi connectivity index (χ0n) is 11.9. The number of ether oxygens (including phenoxy) is 1. The molecular formula is C16H23FO2. The molecule has 1 aliphatic rings. The Kier molecular flexibility index (Phi) is 4.14. The molecule has 106 valence electrons. The van der Waals surface area contributed by atoms with Crippen LogP contribution in [0, 0.1) is 17.2 Å². The second-order valence-electron chi connectivity index (χ2n) is 6.34. The predicted octanol–water partition coefficient (Wildman–Crippen LogP) is 4.08. The second kappa shape index (κ2) is 5.49. The van der Waals surface area contributed by atoms with E-state index in [0.29, 0.717) is 11.0 Å². The summed E-state index contributed by atoms with van der Waals surface area (Å²) >= 11 is 0. The van der Waals surface area contributed by atoms with E-state index in [9.17, 15) is 9.50 Å². The van der Waals surface area contributed by atoms with Crippen molar-refractivity contribution in [2.45, 2.75) is 45.6 Å². The maximum atomic E-state index is 13.7. The van der Waals surface area contributed by atoms with E-state index in [1.54, 1.807) is 12.1 Å². The largest absolute Gasteiger partial charge is 0.494 e. The van der Waals surface area contributed by atoms with Crippen molar-refractivity contribution in [3.63, 3.8) is 0 Å². The van der Waals surface area contributed by atoms with Crippen molar-refractivity contribution in [2.75, 3.05) is 7.11 Å². The Morgan fingerprint density at radius 2 is 1.95 bits per heavy atom. The molecule has 0 radical (unpaired) electrons. The predicted molar refractivity (Wildman–Crippen MR) is 73.7 cm³/mol. The van der Waals surface area contributed by atoms with Crippen LogP contribution in [0.25, 0.3) is 0 Å². The first kappa shape index (κ1) is 14.3. The minimum Gasteiger partial charge on any atom is -0.494 e. The molecule has 0 spiro atoms. The van der Waals surface area contributed by atoms with Crippen LogP contribution in [-0.4, -0.2) is 12.2 Å². The molecule has 1 atom stereocenters. The maximum Gasteiger partial charge on any atom is 0.165 e. The SMILES string of the molecule is COc1ccc(C(O)C2CCC(C)(C)CC2)cc1F. The van der Waals surface area contributed by atoms with E-state index in [4.69, 9.17) is 4.74 Å². The molecule has 2 rings (SSSR count). The molecular weight excluding hydrogens is 243 g/mol. The summed E-state index contributed by atoms with van der Waals surface area (Å²) in [5.41, 5.74) is 1.03. The summed E-state index contributed by atoms with van der Waals surface area (Å²) in [6, 6.07) is 4.73. The summed E-state index contributed by atoms with van der Waals surface area (Å²) < 4.78 is 18.6. The van der Waals surface area contributed by atoms with Gasteiger partial charge >= 0.3 is 0 Å². The molecule has 1 N–H and O–H groups in total. The van der Waals surface area contributed by atoms with Gasteiger partial charge in [-0.3, -0.25) is 0 Å². The molecule has 0 bridgehead atoms. The highest BCUT2D eigenvalue weighted by molar-refractivity contribution is 5.30. The Morgan fingerprint density at radius 3 is 2.47 bits per heavy atom. The van der Waals surface area contributed by atoms with Gasteiger partial charge in [0.25, 0.3) is 0 Å². The van der Waals surface area contributed by atoms with Crippen molar-refractivity contribution < 1.29 is 14.2 Å². The fraction of sp³-hybridized carbons (Fsp3) is 0.625. The molecule has 0 amide bonds. The van der Waals surface area contributed by atoms with Gasteiger partial charge in [0.05, 0.1) is 13.2 Å². The van der Waals surface area contributed by atoms with Gasteiger partial charge in [-0.25, -0.2) is 4.39 Å². The van der Waals surface area contributed by atoms with Gasteiger partial charge in [0.1, 0.15) is 0 Å². The topological polar surface area (TPSA) is 29.5 Å².